The number of ether oxygens (including phenoxy) is 2. The van der Waals surface area contributed by atoms with E-state index in [1.54, 1.807) is 31.4 Å². The minimum atomic E-state index is -1.02. The van der Waals surface area contributed by atoms with E-state index in [1.807, 2.05) is 0 Å². The summed E-state index contributed by atoms with van der Waals surface area (Å²) in [4.78, 5) is 22.9. The zero-order chi connectivity index (χ0) is 15.0. The molecule has 0 spiro atoms. The molecule has 0 unspecified atom stereocenters. The molecule has 1 rings (SSSR count). The summed E-state index contributed by atoms with van der Waals surface area (Å²) < 4.78 is 10.5. The largest absolute Gasteiger partial charge is 0.497 e. The minimum Gasteiger partial charge on any atom is -0.497 e. The van der Waals surface area contributed by atoms with Crippen LogP contribution >= 0.6 is 0 Å². The van der Waals surface area contributed by atoms with Crippen molar-refractivity contribution in [3.8, 4) is 11.5 Å². The number of carbonyl (C=O) groups is 2. The van der Waals surface area contributed by atoms with Crippen LogP contribution in [0.15, 0.2) is 24.3 Å². The smallest absolute Gasteiger partial charge is 0.317 e. The van der Waals surface area contributed by atoms with Crippen molar-refractivity contribution in [2.45, 2.75) is 0 Å². The van der Waals surface area contributed by atoms with Crippen molar-refractivity contribution in [3.05, 3.63) is 24.3 Å². The van der Waals surface area contributed by atoms with Gasteiger partial charge in [0.2, 0.25) is 5.91 Å². The number of rotatable bonds is 9. The average molecular weight is 282 g/mol. The fourth-order valence-corrected chi connectivity index (χ4v) is 1.59. The molecule has 1 aromatic rings. The van der Waals surface area contributed by atoms with Gasteiger partial charge in [-0.15, -0.1) is 0 Å². The van der Waals surface area contributed by atoms with Crippen LogP contribution in [0.2, 0.25) is 0 Å². The Morgan fingerprint density at radius 3 is 2.30 bits per heavy atom. The Bertz CT molecular complexity index is 431. The number of primary amides is 1. The molecular formula is C13H18N2O5. The van der Waals surface area contributed by atoms with Crippen LogP contribution in [0, 0.1) is 0 Å². The number of nitrogens with zero attached hydrogens (tertiary/aromatic N) is 1. The van der Waals surface area contributed by atoms with Gasteiger partial charge in [0.15, 0.2) is 0 Å². The summed E-state index contributed by atoms with van der Waals surface area (Å²) in [6, 6.07) is 7.00. The van der Waals surface area contributed by atoms with Gasteiger partial charge in [-0.25, -0.2) is 0 Å². The third-order valence-corrected chi connectivity index (χ3v) is 2.47. The Kier molecular flexibility index (Phi) is 6.31. The summed E-state index contributed by atoms with van der Waals surface area (Å²) in [6.07, 6.45) is 0. The fourth-order valence-electron chi connectivity index (χ4n) is 1.59. The van der Waals surface area contributed by atoms with Crippen LogP contribution in [-0.2, 0) is 9.59 Å². The second kappa shape index (κ2) is 8.00. The maximum atomic E-state index is 10.8. The fraction of sp³-hybridized carbons (Fsp3) is 0.385. The molecule has 3 N–H and O–H groups in total. The van der Waals surface area contributed by atoms with Crippen molar-refractivity contribution >= 4 is 11.9 Å². The predicted octanol–water partition coefficient (Wildman–Crippen LogP) is -0.0541. The van der Waals surface area contributed by atoms with Crippen LogP contribution in [0.25, 0.3) is 0 Å². The third-order valence-electron chi connectivity index (χ3n) is 2.47. The first-order valence-electron chi connectivity index (χ1n) is 6.00. The van der Waals surface area contributed by atoms with Crippen molar-refractivity contribution in [3.63, 3.8) is 0 Å². The highest BCUT2D eigenvalue weighted by Gasteiger charge is 2.12. The average Bonchev–Trinajstić information content (AvgIpc) is 2.38. The van der Waals surface area contributed by atoms with Crippen molar-refractivity contribution in [2.75, 3.05) is 33.4 Å². The molecule has 0 saturated heterocycles. The molecule has 0 heterocycles. The molecule has 1 amide bonds. The molecule has 7 heteroatoms. The van der Waals surface area contributed by atoms with Crippen molar-refractivity contribution in [1.82, 2.24) is 4.90 Å². The zero-order valence-electron chi connectivity index (χ0n) is 11.2. The number of hydrogen-bond acceptors (Lipinski definition) is 5. The summed E-state index contributed by atoms with van der Waals surface area (Å²) in [5, 5.41) is 8.72. The first kappa shape index (κ1) is 15.8. The number of carbonyl (C=O) groups excluding carboxylic acids is 1. The maximum Gasteiger partial charge on any atom is 0.317 e. The van der Waals surface area contributed by atoms with Gasteiger partial charge in [0, 0.05) is 6.54 Å². The number of nitrogens with two attached hydrogens (primary N) is 1. The highest BCUT2D eigenvalue weighted by atomic mass is 16.5. The number of hydrogen-bond donors (Lipinski definition) is 2. The second-order valence-corrected chi connectivity index (χ2v) is 4.09. The summed E-state index contributed by atoms with van der Waals surface area (Å²) >= 11 is 0. The summed E-state index contributed by atoms with van der Waals surface area (Å²) in [5.74, 6) is -0.231. The van der Waals surface area contributed by atoms with Crippen LogP contribution in [0.4, 0.5) is 0 Å². The van der Waals surface area contributed by atoms with Crippen LogP contribution in [-0.4, -0.2) is 55.2 Å². The Balaban J connectivity index is 2.41. The lowest BCUT2D eigenvalue weighted by Gasteiger charge is -2.18. The van der Waals surface area contributed by atoms with E-state index in [0.29, 0.717) is 12.3 Å². The minimum absolute atomic E-state index is 0.113. The summed E-state index contributed by atoms with van der Waals surface area (Å²) in [7, 11) is 1.57. The van der Waals surface area contributed by atoms with E-state index in [4.69, 9.17) is 20.3 Å². The van der Waals surface area contributed by atoms with Crippen LogP contribution in [0.3, 0.4) is 0 Å². The molecular weight excluding hydrogens is 264 g/mol. The predicted molar refractivity (Wildman–Crippen MR) is 71.8 cm³/mol. The number of carboxylic acid groups (broad SMARTS) is 1. The van der Waals surface area contributed by atoms with E-state index in [2.05, 4.69) is 0 Å². The van der Waals surface area contributed by atoms with Crippen LogP contribution < -0.4 is 15.2 Å². The Morgan fingerprint density at radius 2 is 1.80 bits per heavy atom. The van der Waals surface area contributed by atoms with Gasteiger partial charge in [0.25, 0.3) is 0 Å². The molecule has 0 aliphatic heterocycles. The monoisotopic (exact) mass is 282 g/mol. The Labute approximate surface area is 116 Å². The SMILES string of the molecule is COc1ccc(OCCN(CC(N)=O)CC(=O)O)cc1. The molecule has 0 aliphatic rings. The lowest BCUT2D eigenvalue weighted by Crippen LogP contribution is -2.39. The Hall–Kier alpha value is -2.28. The van der Waals surface area contributed by atoms with Gasteiger partial charge in [0.1, 0.15) is 18.1 Å². The van der Waals surface area contributed by atoms with E-state index < -0.39 is 11.9 Å². The van der Waals surface area contributed by atoms with Crippen molar-refractivity contribution in [1.29, 1.82) is 0 Å². The van der Waals surface area contributed by atoms with Gasteiger partial charge in [-0.05, 0) is 24.3 Å². The quantitative estimate of drug-likeness (QED) is 0.658. The summed E-state index contributed by atoms with van der Waals surface area (Å²) in [5.41, 5.74) is 5.06. The van der Waals surface area contributed by atoms with Gasteiger partial charge >= 0.3 is 5.97 Å². The van der Waals surface area contributed by atoms with Crippen LogP contribution in [0.1, 0.15) is 0 Å². The molecule has 1 aromatic carbocycles. The first-order valence-corrected chi connectivity index (χ1v) is 6.00. The standard InChI is InChI=1S/C13H18N2O5/c1-19-10-2-4-11(5-3-10)20-7-6-15(8-12(14)16)9-13(17)18/h2-5H,6-9H2,1H3,(H2,14,16)(H,17,18). The van der Waals surface area contributed by atoms with Gasteiger partial charge in [-0.2, -0.15) is 0 Å². The molecule has 0 radical (unpaired) electrons. The van der Waals surface area contributed by atoms with Crippen molar-refractivity contribution < 1.29 is 24.2 Å². The topological polar surface area (TPSA) is 102 Å². The molecule has 0 saturated carbocycles. The van der Waals surface area contributed by atoms with Gasteiger partial charge < -0.3 is 20.3 Å². The maximum absolute atomic E-state index is 10.8. The van der Waals surface area contributed by atoms with E-state index in [0.717, 1.165) is 5.75 Å². The number of aliphatic carboxylic acids is 1. The number of amides is 1. The lowest BCUT2D eigenvalue weighted by atomic mass is 10.3. The van der Waals surface area contributed by atoms with Crippen molar-refractivity contribution in [2.24, 2.45) is 5.73 Å². The number of benzene rings is 1. The highest BCUT2D eigenvalue weighted by Crippen LogP contribution is 2.16. The van der Waals surface area contributed by atoms with E-state index >= 15 is 0 Å². The van der Waals surface area contributed by atoms with Crippen LogP contribution in [0.5, 0.6) is 11.5 Å². The van der Waals surface area contributed by atoms with E-state index in [9.17, 15) is 9.59 Å². The Morgan fingerprint density at radius 1 is 1.20 bits per heavy atom. The lowest BCUT2D eigenvalue weighted by molar-refractivity contribution is -0.138. The molecule has 0 fully saturated rings. The zero-order valence-corrected chi connectivity index (χ0v) is 11.2. The number of methoxy groups -OCH3 is 1. The van der Waals surface area contributed by atoms with E-state index in [-0.39, 0.29) is 19.7 Å². The molecule has 110 valence electrons. The highest BCUT2D eigenvalue weighted by molar-refractivity contribution is 5.77. The van der Waals surface area contributed by atoms with Gasteiger partial charge in [-0.3, -0.25) is 14.5 Å². The van der Waals surface area contributed by atoms with E-state index in [1.165, 1.54) is 4.90 Å². The summed E-state index contributed by atoms with van der Waals surface area (Å²) in [6.45, 7) is 0.182. The molecule has 0 atom stereocenters. The first-order chi connectivity index (χ1) is 9.51. The molecule has 0 aromatic heterocycles. The molecule has 0 bridgehead atoms. The normalized spacial score (nSPS) is 10.3. The molecule has 20 heavy (non-hydrogen) atoms. The number of carboxylic acids is 1. The second-order valence-electron chi connectivity index (χ2n) is 4.09. The molecule has 7 nitrogen and oxygen atoms in total. The third kappa shape index (κ3) is 6.05. The van der Waals surface area contributed by atoms with Gasteiger partial charge in [0.05, 0.1) is 20.2 Å². The molecule has 0 aliphatic carbocycles. The van der Waals surface area contributed by atoms with Gasteiger partial charge in [-0.1, -0.05) is 0 Å².